The quantitative estimate of drug-likeness (QED) is 0.316. The topological polar surface area (TPSA) is 56.7 Å². The Balaban J connectivity index is 0.00000625. The van der Waals surface area contributed by atoms with E-state index in [0.717, 1.165) is 18.7 Å². The van der Waals surface area contributed by atoms with Crippen molar-refractivity contribution in [2.75, 3.05) is 32.4 Å². The number of halogens is 1. The highest BCUT2D eigenvalue weighted by atomic mass is 127. The van der Waals surface area contributed by atoms with Gasteiger partial charge in [-0.05, 0) is 39.5 Å². The minimum atomic E-state index is 0. The molecule has 148 valence electrons. The maximum atomic E-state index is 12.5. The molecule has 5 nitrogen and oxygen atoms in total. The first-order chi connectivity index (χ1) is 11.9. The van der Waals surface area contributed by atoms with Gasteiger partial charge in [0.2, 0.25) is 5.91 Å². The lowest BCUT2D eigenvalue weighted by atomic mass is 10.2. The van der Waals surface area contributed by atoms with Crippen molar-refractivity contribution in [3.05, 3.63) is 35.9 Å². The van der Waals surface area contributed by atoms with Crippen LogP contribution in [0.5, 0.6) is 0 Å². The van der Waals surface area contributed by atoms with Gasteiger partial charge in [-0.2, -0.15) is 11.8 Å². The lowest BCUT2D eigenvalue weighted by molar-refractivity contribution is -0.130. The van der Waals surface area contributed by atoms with Crippen molar-refractivity contribution in [1.82, 2.24) is 15.5 Å². The van der Waals surface area contributed by atoms with Gasteiger partial charge >= 0.3 is 0 Å². The van der Waals surface area contributed by atoms with Gasteiger partial charge in [0.15, 0.2) is 5.96 Å². The molecule has 0 aromatic heterocycles. The number of hydrogen-bond acceptors (Lipinski definition) is 3. The lowest BCUT2D eigenvalue weighted by Gasteiger charge is -2.24. The number of amides is 1. The molecule has 0 spiro atoms. The first kappa shape index (κ1) is 25.0. The molecule has 0 unspecified atom stereocenters. The highest BCUT2D eigenvalue weighted by Crippen LogP contribution is 2.19. The number of carbonyl (C=O) groups excluding carboxylic acids is 1. The van der Waals surface area contributed by atoms with Crippen LogP contribution in [-0.2, 0) is 11.3 Å². The summed E-state index contributed by atoms with van der Waals surface area (Å²) in [7, 11) is 0. The zero-order valence-electron chi connectivity index (χ0n) is 16.5. The fraction of sp³-hybridized carbons (Fsp3) is 0.579. The van der Waals surface area contributed by atoms with Gasteiger partial charge in [0, 0.05) is 30.9 Å². The number of benzene rings is 1. The molecular formula is C19H33IN4OS. The Morgan fingerprint density at radius 3 is 2.38 bits per heavy atom. The summed E-state index contributed by atoms with van der Waals surface area (Å²) in [4.78, 5) is 18.8. The molecule has 0 atom stereocenters. The van der Waals surface area contributed by atoms with Gasteiger partial charge < -0.3 is 15.5 Å². The van der Waals surface area contributed by atoms with Crippen LogP contribution < -0.4 is 10.6 Å². The highest BCUT2D eigenvalue weighted by molar-refractivity contribution is 14.0. The monoisotopic (exact) mass is 492 g/mol. The molecule has 1 rings (SSSR count). The summed E-state index contributed by atoms with van der Waals surface area (Å²) in [6.07, 6.45) is 2.10. The van der Waals surface area contributed by atoms with Crippen LogP contribution in [-0.4, -0.2) is 53.9 Å². The number of nitrogens with zero attached hydrogens (tertiary/aromatic N) is 2. The molecule has 0 saturated carbocycles. The van der Waals surface area contributed by atoms with Crippen LogP contribution >= 0.6 is 35.7 Å². The van der Waals surface area contributed by atoms with Gasteiger partial charge in [0.1, 0.15) is 6.54 Å². The van der Waals surface area contributed by atoms with Crippen LogP contribution in [0, 0.1) is 0 Å². The van der Waals surface area contributed by atoms with Crippen molar-refractivity contribution in [3.8, 4) is 0 Å². The smallest absolute Gasteiger partial charge is 0.244 e. The number of thioether (sulfide) groups is 1. The van der Waals surface area contributed by atoms with Crippen LogP contribution in [0.4, 0.5) is 0 Å². The van der Waals surface area contributed by atoms with Gasteiger partial charge in [-0.25, -0.2) is 4.99 Å². The minimum absolute atomic E-state index is 0. The van der Waals surface area contributed by atoms with Crippen molar-refractivity contribution in [2.24, 2.45) is 4.99 Å². The Morgan fingerprint density at radius 1 is 1.19 bits per heavy atom. The number of hydrogen-bond donors (Lipinski definition) is 2. The van der Waals surface area contributed by atoms with E-state index in [1.54, 1.807) is 11.8 Å². The molecule has 0 heterocycles. The van der Waals surface area contributed by atoms with E-state index < -0.39 is 0 Å². The number of carbonyl (C=O) groups is 1. The van der Waals surface area contributed by atoms with Crippen LogP contribution in [0.25, 0.3) is 0 Å². The molecular weight excluding hydrogens is 459 g/mol. The molecule has 0 aliphatic heterocycles. The summed E-state index contributed by atoms with van der Waals surface area (Å²) in [6, 6.07) is 10.0. The average molecular weight is 492 g/mol. The Labute approximate surface area is 179 Å². The third-order valence-electron chi connectivity index (χ3n) is 3.90. The van der Waals surface area contributed by atoms with Crippen molar-refractivity contribution < 1.29 is 4.79 Å². The molecule has 1 amide bonds. The second-order valence-electron chi connectivity index (χ2n) is 6.41. The van der Waals surface area contributed by atoms with Gasteiger partial charge in [0.05, 0.1) is 0 Å². The van der Waals surface area contributed by atoms with Crippen molar-refractivity contribution in [3.63, 3.8) is 0 Å². The van der Waals surface area contributed by atoms with Gasteiger partial charge in [0.25, 0.3) is 0 Å². The van der Waals surface area contributed by atoms with Gasteiger partial charge in [-0.1, -0.05) is 30.3 Å². The predicted molar refractivity (Wildman–Crippen MR) is 125 cm³/mol. The lowest BCUT2D eigenvalue weighted by Crippen LogP contribution is -2.44. The fourth-order valence-electron chi connectivity index (χ4n) is 2.14. The second kappa shape index (κ2) is 13.2. The van der Waals surface area contributed by atoms with Crippen LogP contribution in [0.15, 0.2) is 35.3 Å². The summed E-state index contributed by atoms with van der Waals surface area (Å²) in [5.41, 5.74) is 1.13. The van der Waals surface area contributed by atoms with Crippen LogP contribution in [0.2, 0.25) is 0 Å². The first-order valence-corrected chi connectivity index (χ1v) is 10.0. The molecule has 0 aliphatic carbocycles. The van der Waals surface area contributed by atoms with E-state index in [1.807, 2.05) is 49.1 Å². The van der Waals surface area contributed by atoms with E-state index >= 15 is 0 Å². The molecule has 26 heavy (non-hydrogen) atoms. The summed E-state index contributed by atoms with van der Waals surface area (Å²) in [6.45, 7) is 11.4. The maximum Gasteiger partial charge on any atom is 0.244 e. The third-order valence-corrected chi connectivity index (χ3v) is 5.15. The predicted octanol–water partition coefficient (Wildman–Crippen LogP) is 3.35. The zero-order chi connectivity index (χ0) is 18.7. The summed E-state index contributed by atoms with van der Waals surface area (Å²) in [5.74, 6) is 0.724. The first-order valence-electron chi connectivity index (χ1n) is 8.81. The second-order valence-corrected chi connectivity index (χ2v) is 7.92. The van der Waals surface area contributed by atoms with Crippen LogP contribution in [0.1, 0.15) is 33.3 Å². The molecule has 1 aromatic rings. The summed E-state index contributed by atoms with van der Waals surface area (Å²) in [5, 5.41) is 6.52. The van der Waals surface area contributed by atoms with E-state index in [0.29, 0.717) is 19.0 Å². The normalized spacial score (nSPS) is 11.5. The molecule has 7 heteroatoms. The number of likely N-dealkylation sites (N-methyl/N-ethyl adjacent to an activating group) is 1. The van der Waals surface area contributed by atoms with E-state index in [-0.39, 0.29) is 41.2 Å². The standard InChI is InChI=1S/C19H32N4OS.HI/c1-6-20-18(22-15-19(3,4)25-5)21-13-17(24)23(7-2)14-16-11-9-8-10-12-16;/h8-12H,6-7,13-15H2,1-5H3,(H2,20,21,22);1H. The largest absolute Gasteiger partial charge is 0.357 e. The molecule has 0 bridgehead atoms. The molecule has 0 fully saturated rings. The SMILES string of the molecule is CCNC(=NCC(=O)N(CC)Cc1ccccc1)NCC(C)(C)SC.I. The third kappa shape index (κ3) is 9.66. The van der Waals surface area contributed by atoms with Crippen molar-refractivity contribution >= 4 is 47.6 Å². The minimum Gasteiger partial charge on any atom is -0.357 e. The average Bonchev–Trinajstić information content (AvgIpc) is 2.62. The Kier molecular flexibility index (Phi) is 12.8. The molecule has 0 saturated heterocycles. The number of aliphatic imine (C=N–C) groups is 1. The van der Waals surface area contributed by atoms with Crippen LogP contribution in [0.3, 0.4) is 0 Å². The zero-order valence-corrected chi connectivity index (χ0v) is 19.7. The fourth-order valence-corrected chi connectivity index (χ4v) is 2.35. The number of guanidine groups is 1. The molecule has 0 radical (unpaired) electrons. The van der Waals surface area contributed by atoms with Gasteiger partial charge in [-0.15, -0.1) is 24.0 Å². The van der Waals surface area contributed by atoms with E-state index in [9.17, 15) is 4.79 Å². The van der Waals surface area contributed by atoms with E-state index in [2.05, 4.69) is 35.7 Å². The van der Waals surface area contributed by atoms with Crippen molar-refractivity contribution in [2.45, 2.75) is 39.0 Å². The summed E-state index contributed by atoms with van der Waals surface area (Å²) >= 11 is 1.80. The van der Waals surface area contributed by atoms with Crippen molar-refractivity contribution in [1.29, 1.82) is 0 Å². The highest BCUT2D eigenvalue weighted by Gasteiger charge is 2.17. The van der Waals surface area contributed by atoms with Gasteiger partial charge in [-0.3, -0.25) is 4.79 Å². The Morgan fingerprint density at radius 2 is 1.85 bits per heavy atom. The molecule has 2 N–H and O–H groups in total. The van der Waals surface area contributed by atoms with E-state index in [1.165, 1.54) is 0 Å². The number of nitrogens with one attached hydrogen (secondary N) is 2. The Hall–Kier alpha value is -0.960. The molecule has 0 aliphatic rings. The maximum absolute atomic E-state index is 12.5. The molecule has 1 aromatic carbocycles. The summed E-state index contributed by atoms with van der Waals surface area (Å²) < 4.78 is 0.114. The Bertz CT molecular complexity index is 552. The number of rotatable bonds is 9. The van der Waals surface area contributed by atoms with E-state index in [4.69, 9.17) is 0 Å².